The predicted molar refractivity (Wildman–Crippen MR) is 75.2 cm³/mol. The number of nitrogens with one attached hydrogen (secondary N) is 1. The molecule has 0 aliphatic rings. The maximum absolute atomic E-state index is 5.29. The monoisotopic (exact) mass is 270 g/mol. The molecule has 0 bridgehead atoms. The van der Waals surface area contributed by atoms with Crippen molar-refractivity contribution in [3.05, 3.63) is 24.2 Å². The van der Waals surface area contributed by atoms with Gasteiger partial charge in [0, 0.05) is 39.9 Å². The van der Waals surface area contributed by atoms with Crippen LogP contribution in [0.5, 0.6) is 0 Å². The van der Waals surface area contributed by atoms with Gasteiger partial charge in [0.05, 0.1) is 26.0 Å². The molecule has 0 saturated heterocycles. The van der Waals surface area contributed by atoms with Crippen LogP contribution >= 0.6 is 0 Å². The zero-order valence-corrected chi connectivity index (χ0v) is 12.2. The highest BCUT2D eigenvalue weighted by atomic mass is 16.5. The third kappa shape index (κ3) is 6.73. The summed E-state index contributed by atoms with van der Waals surface area (Å²) in [4.78, 5) is 2.36. The smallest absolute Gasteiger partial charge is 0.117 e. The first-order chi connectivity index (χ1) is 9.27. The van der Waals surface area contributed by atoms with Gasteiger partial charge in [0.15, 0.2) is 0 Å². The summed E-state index contributed by atoms with van der Waals surface area (Å²) in [7, 11) is 3.46. The average molecular weight is 270 g/mol. The SMILES string of the molecule is COCCN(CCOC)C(C)CNCc1ccco1. The quantitative estimate of drug-likeness (QED) is 0.658. The van der Waals surface area contributed by atoms with Crippen LogP contribution in [-0.4, -0.2) is 58.0 Å². The Hall–Kier alpha value is -0.880. The summed E-state index contributed by atoms with van der Waals surface area (Å²) in [6.07, 6.45) is 1.70. The number of rotatable bonds is 11. The molecule has 0 amide bonds. The van der Waals surface area contributed by atoms with E-state index in [1.165, 1.54) is 0 Å². The fraction of sp³-hybridized carbons (Fsp3) is 0.714. The molecular weight excluding hydrogens is 244 g/mol. The molecule has 5 nitrogen and oxygen atoms in total. The second kappa shape index (κ2) is 9.97. The predicted octanol–water partition coefficient (Wildman–Crippen LogP) is 1.35. The summed E-state index contributed by atoms with van der Waals surface area (Å²) < 4.78 is 15.6. The average Bonchev–Trinajstić information content (AvgIpc) is 2.92. The van der Waals surface area contributed by atoms with Crippen molar-refractivity contribution in [1.82, 2.24) is 10.2 Å². The largest absolute Gasteiger partial charge is 0.468 e. The molecule has 0 aliphatic carbocycles. The summed E-state index contributed by atoms with van der Waals surface area (Å²) in [5, 5.41) is 3.40. The number of nitrogens with zero attached hydrogens (tertiary/aromatic N) is 1. The number of methoxy groups -OCH3 is 2. The molecule has 5 heteroatoms. The van der Waals surface area contributed by atoms with Gasteiger partial charge in [0.2, 0.25) is 0 Å². The Morgan fingerprint density at radius 1 is 1.26 bits per heavy atom. The minimum Gasteiger partial charge on any atom is -0.468 e. The lowest BCUT2D eigenvalue weighted by Crippen LogP contribution is -2.43. The standard InChI is InChI=1S/C14H26N2O3/c1-13(11-15-12-14-5-4-8-19-14)16(6-9-17-2)7-10-18-3/h4-5,8,13,15H,6-7,9-12H2,1-3H3. The van der Waals surface area contributed by atoms with E-state index in [0.29, 0.717) is 6.04 Å². The van der Waals surface area contributed by atoms with Crippen molar-refractivity contribution >= 4 is 0 Å². The number of furan rings is 1. The molecule has 1 unspecified atom stereocenters. The van der Waals surface area contributed by atoms with E-state index in [1.54, 1.807) is 20.5 Å². The Balaban J connectivity index is 2.26. The highest BCUT2D eigenvalue weighted by Gasteiger charge is 2.13. The second-order valence-electron chi connectivity index (χ2n) is 4.58. The van der Waals surface area contributed by atoms with Crippen LogP contribution in [0.25, 0.3) is 0 Å². The first-order valence-electron chi connectivity index (χ1n) is 6.73. The highest BCUT2D eigenvalue weighted by molar-refractivity contribution is 4.97. The van der Waals surface area contributed by atoms with Crippen LogP contribution in [-0.2, 0) is 16.0 Å². The number of hydrogen-bond donors (Lipinski definition) is 1. The molecular formula is C14H26N2O3. The Morgan fingerprint density at radius 2 is 1.95 bits per heavy atom. The maximum atomic E-state index is 5.29. The molecule has 1 atom stereocenters. The van der Waals surface area contributed by atoms with Crippen LogP contribution in [0.1, 0.15) is 12.7 Å². The van der Waals surface area contributed by atoms with Crippen LogP contribution in [0.4, 0.5) is 0 Å². The van der Waals surface area contributed by atoms with E-state index in [0.717, 1.165) is 45.2 Å². The van der Waals surface area contributed by atoms with E-state index >= 15 is 0 Å². The van der Waals surface area contributed by atoms with E-state index in [-0.39, 0.29) is 0 Å². The third-order valence-electron chi connectivity index (χ3n) is 3.11. The van der Waals surface area contributed by atoms with Crippen molar-refractivity contribution in [2.75, 3.05) is 47.1 Å². The van der Waals surface area contributed by atoms with E-state index in [2.05, 4.69) is 17.1 Å². The fourth-order valence-electron chi connectivity index (χ4n) is 1.92. The van der Waals surface area contributed by atoms with Gasteiger partial charge in [-0.3, -0.25) is 4.90 Å². The van der Waals surface area contributed by atoms with Crippen molar-refractivity contribution in [3.63, 3.8) is 0 Å². The van der Waals surface area contributed by atoms with Crippen LogP contribution in [0, 0.1) is 0 Å². The van der Waals surface area contributed by atoms with Crippen molar-refractivity contribution < 1.29 is 13.9 Å². The zero-order chi connectivity index (χ0) is 13.9. The second-order valence-corrected chi connectivity index (χ2v) is 4.58. The fourth-order valence-corrected chi connectivity index (χ4v) is 1.92. The summed E-state index contributed by atoms with van der Waals surface area (Å²) in [5.41, 5.74) is 0. The topological polar surface area (TPSA) is 46.9 Å². The first-order valence-corrected chi connectivity index (χ1v) is 6.73. The van der Waals surface area contributed by atoms with Crippen molar-refractivity contribution in [2.24, 2.45) is 0 Å². The summed E-state index contributed by atoms with van der Waals surface area (Å²) >= 11 is 0. The maximum Gasteiger partial charge on any atom is 0.117 e. The lowest BCUT2D eigenvalue weighted by Gasteiger charge is -2.28. The summed E-state index contributed by atoms with van der Waals surface area (Å²) in [6.45, 7) is 7.21. The van der Waals surface area contributed by atoms with E-state index in [4.69, 9.17) is 13.9 Å². The van der Waals surface area contributed by atoms with Gasteiger partial charge >= 0.3 is 0 Å². The van der Waals surface area contributed by atoms with Crippen molar-refractivity contribution in [3.8, 4) is 0 Å². The molecule has 0 saturated carbocycles. The molecule has 1 N–H and O–H groups in total. The van der Waals surface area contributed by atoms with E-state index in [1.807, 2.05) is 12.1 Å². The molecule has 19 heavy (non-hydrogen) atoms. The van der Waals surface area contributed by atoms with Gasteiger partial charge < -0.3 is 19.2 Å². The van der Waals surface area contributed by atoms with Gasteiger partial charge in [-0.1, -0.05) is 0 Å². The highest BCUT2D eigenvalue weighted by Crippen LogP contribution is 2.01. The molecule has 1 aromatic rings. The lowest BCUT2D eigenvalue weighted by atomic mass is 10.2. The van der Waals surface area contributed by atoms with Gasteiger partial charge in [-0.05, 0) is 19.1 Å². The summed E-state index contributed by atoms with van der Waals surface area (Å²) in [6, 6.07) is 4.31. The minimum absolute atomic E-state index is 0.431. The molecule has 0 spiro atoms. The Labute approximate surface area is 115 Å². The van der Waals surface area contributed by atoms with Crippen LogP contribution in [0.15, 0.2) is 22.8 Å². The molecule has 110 valence electrons. The van der Waals surface area contributed by atoms with Gasteiger partial charge in [-0.2, -0.15) is 0 Å². The molecule has 0 radical (unpaired) electrons. The molecule has 1 aromatic heterocycles. The number of hydrogen-bond acceptors (Lipinski definition) is 5. The van der Waals surface area contributed by atoms with Gasteiger partial charge in [0.25, 0.3) is 0 Å². The summed E-state index contributed by atoms with van der Waals surface area (Å²) in [5.74, 6) is 0.965. The van der Waals surface area contributed by atoms with Gasteiger partial charge in [0.1, 0.15) is 5.76 Å². The van der Waals surface area contributed by atoms with Crippen molar-refractivity contribution in [1.29, 1.82) is 0 Å². The van der Waals surface area contributed by atoms with Gasteiger partial charge in [-0.25, -0.2) is 0 Å². The first kappa shape index (κ1) is 16.2. The van der Waals surface area contributed by atoms with Crippen LogP contribution in [0.3, 0.4) is 0 Å². The minimum atomic E-state index is 0.431. The molecule has 1 rings (SSSR count). The van der Waals surface area contributed by atoms with E-state index in [9.17, 15) is 0 Å². The normalized spacial score (nSPS) is 13.1. The molecule has 1 heterocycles. The van der Waals surface area contributed by atoms with Crippen LogP contribution in [0.2, 0.25) is 0 Å². The molecule has 0 aliphatic heterocycles. The number of ether oxygens (including phenoxy) is 2. The van der Waals surface area contributed by atoms with Gasteiger partial charge in [-0.15, -0.1) is 0 Å². The Bertz CT molecular complexity index is 296. The molecule has 0 fully saturated rings. The van der Waals surface area contributed by atoms with Crippen molar-refractivity contribution in [2.45, 2.75) is 19.5 Å². The Morgan fingerprint density at radius 3 is 2.47 bits per heavy atom. The Kier molecular flexibility index (Phi) is 8.49. The zero-order valence-electron chi connectivity index (χ0n) is 12.2. The molecule has 0 aromatic carbocycles. The van der Waals surface area contributed by atoms with Crippen LogP contribution < -0.4 is 5.32 Å². The lowest BCUT2D eigenvalue weighted by molar-refractivity contribution is 0.0914. The third-order valence-corrected chi connectivity index (χ3v) is 3.11. The van der Waals surface area contributed by atoms with E-state index < -0.39 is 0 Å².